The molecule has 1 amide bonds. The Hall–Kier alpha value is -2.48. The van der Waals surface area contributed by atoms with E-state index in [-0.39, 0.29) is 5.91 Å². The number of hydrogen-bond acceptors (Lipinski definition) is 5. The number of hydrogen-bond donors (Lipinski definition) is 0. The largest absolute Gasteiger partial charge is 0.493 e. The van der Waals surface area contributed by atoms with Gasteiger partial charge in [0.15, 0.2) is 15.8 Å². The molecule has 0 atom stereocenters. The summed E-state index contributed by atoms with van der Waals surface area (Å²) < 4.78 is 12.2. The Kier molecular flexibility index (Phi) is 8.65. The molecule has 1 aliphatic rings. The maximum Gasteiger partial charge on any atom is 0.270 e. The van der Waals surface area contributed by atoms with Crippen molar-refractivity contribution in [2.45, 2.75) is 13.0 Å². The number of carbonyl (C=O) groups is 1. The van der Waals surface area contributed by atoms with E-state index < -0.39 is 0 Å². The highest BCUT2D eigenvalue weighted by atomic mass is 35.5. The van der Waals surface area contributed by atoms with Crippen molar-refractivity contribution in [3.05, 3.63) is 104 Å². The number of halogens is 3. The lowest BCUT2D eigenvalue weighted by molar-refractivity contribution is -0.113. The minimum atomic E-state index is -0.240. The van der Waals surface area contributed by atoms with Crippen LogP contribution in [-0.4, -0.2) is 17.3 Å². The number of carbonyl (C=O) groups excluding carboxylic acids is 1. The zero-order valence-electron chi connectivity index (χ0n) is 19.1. The summed E-state index contributed by atoms with van der Waals surface area (Å²) in [6, 6.07) is 16.2. The molecule has 4 rings (SSSR count). The van der Waals surface area contributed by atoms with Crippen LogP contribution in [0, 0.1) is 0 Å². The van der Waals surface area contributed by atoms with E-state index in [1.54, 1.807) is 37.5 Å². The fourth-order valence-corrected chi connectivity index (χ4v) is 5.31. The predicted octanol–water partition coefficient (Wildman–Crippen LogP) is 8.37. The molecule has 1 saturated heterocycles. The molecule has 3 aromatic rings. The van der Waals surface area contributed by atoms with E-state index in [4.69, 9.17) is 56.5 Å². The zero-order valence-corrected chi connectivity index (χ0v) is 23.0. The van der Waals surface area contributed by atoms with Gasteiger partial charge in [0.05, 0.1) is 27.7 Å². The maximum absolute atomic E-state index is 13.2. The maximum atomic E-state index is 13.2. The molecule has 1 heterocycles. The Morgan fingerprint density at radius 1 is 1.06 bits per heavy atom. The van der Waals surface area contributed by atoms with Crippen molar-refractivity contribution < 1.29 is 14.3 Å². The Morgan fingerprint density at radius 2 is 1.81 bits per heavy atom. The van der Waals surface area contributed by atoms with Crippen LogP contribution in [0.2, 0.25) is 15.1 Å². The highest BCUT2D eigenvalue weighted by molar-refractivity contribution is 8.27. The standard InChI is InChI=1S/C27H20Cl3NO3S2/c1-3-4-18-11-17(12-23(33-2)25(18)34-15-16-5-7-19(28)8-6-16)13-24-26(32)31(27(35)36-24)20-9-10-21(29)22(30)14-20/h3,5-14H,1,4,15H2,2H3/b24-13+. The summed E-state index contributed by atoms with van der Waals surface area (Å²) in [5.74, 6) is 0.929. The number of amides is 1. The average molecular weight is 577 g/mol. The molecule has 0 saturated carbocycles. The van der Waals surface area contributed by atoms with Crippen molar-refractivity contribution >= 4 is 80.8 Å². The highest BCUT2D eigenvalue weighted by Gasteiger charge is 2.33. The van der Waals surface area contributed by atoms with Crippen molar-refractivity contribution in [3.8, 4) is 11.5 Å². The van der Waals surface area contributed by atoms with Gasteiger partial charge in [-0.25, -0.2) is 0 Å². The summed E-state index contributed by atoms with van der Waals surface area (Å²) in [5, 5.41) is 1.42. The van der Waals surface area contributed by atoms with Crippen LogP contribution in [0.25, 0.3) is 6.08 Å². The van der Waals surface area contributed by atoms with Crippen LogP contribution in [-0.2, 0) is 17.8 Å². The third-order valence-corrected chi connectivity index (χ3v) is 7.58. The fraction of sp³-hybridized carbons (Fsp3) is 0.111. The summed E-state index contributed by atoms with van der Waals surface area (Å²) in [6.07, 6.45) is 4.13. The molecule has 4 nitrogen and oxygen atoms in total. The Labute approximate surface area is 234 Å². The van der Waals surface area contributed by atoms with Crippen LogP contribution in [0.3, 0.4) is 0 Å². The lowest BCUT2D eigenvalue weighted by Crippen LogP contribution is -2.27. The highest BCUT2D eigenvalue weighted by Crippen LogP contribution is 2.40. The first-order valence-corrected chi connectivity index (χ1v) is 13.1. The van der Waals surface area contributed by atoms with Crippen molar-refractivity contribution in [2.75, 3.05) is 12.0 Å². The number of thioether (sulfide) groups is 1. The molecule has 3 aromatic carbocycles. The molecule has 0 unspecified atom stereocenters. The summed E-state index contributed by atoms with van der Waals surface area (Å²) in [4.78, 5) is 15.1. The van der Waals surface area contributed by atoms with Gasteiger partial charge in [-0.15, -0.1) is 6.58 Å². The van der Waals surface area contributed by atoms with E-state index in [0.29, 0.717) is 54.5 Å². The lowest BCUT2D eigenvalue weighted by Gasteiger charge is -2.16. The van der Waals surface area contributed by atoms with Gasteiger partial charge in [0, 0.05) is 10.6 Å². The molecule has 36 heavy (non-hydrogen) atoms. The molecule has 0 spiro atoms. The lowest BCUT2D eigenvalue weighted by atomic mass is 10.0. The molecule has 1 fully saturated rings. The number of benzene rings is 3. The van der Waals surface area contributed by atoms with Crippen LogP contribution in [0.5, 0.6) is 11.5 Å². The number of nitrogens with zero attached hydrogens (tertiary/aromatic N) is 1. The average Bonchev–Trinajstić information content (AvgIpc) is 3.13. The third-order valence-electron chi connectivity index (χ3n) is 5.29. The molecule has 0 N–H and O–H groups in total. The second kappa shape index (κ2) is 11.7. The second-order valence-corrected chi connectivity index (χ2v) is 10.7. The van der Waals surface area contributed by atoms with E-state index in [1.807, 2.05) is 36.4 Å². The number of thiocarbonyl (C=S) groups is 1. The molecule has 0 radical (unpaired) electrons. The molecule has 0 aliphatic carbocycles. The zero-order chi connectivity index (χ0) is 25.8. The SMILES string of the molecule is C=CCc1cc(/C=C2/SC(=S)N(c3ccc(Cl)c(Cl)c3)C2=O)cc(OC)c1OCc1ccc(Cl)cc1. The van der Waals surface area contributed by atoms with Crippen molar-refractivity contribution in [1.82, 2.24) is 0 Å². The predicted molar refractivity (Wildman–Crippen MR) is 155 cm³/mol. The molecular formula is C27H20Cl3NO3S2. The Balaban J connectivity index is 1.64. The normalized spacial score (nSPS) is 14.4. The molecule has 9 heteroatoms. The summed E-state index contributed by atoms with van der Waals surface area (Å²) >= 11 is 24.8. The number of anilines is 1. The smallest absolute Gasteiger partial charge is 0.270 e. The van der Waals surface area contributed by atoms with Crippen LogP contribution in [0.15, 0.2) is 72.2 Å². The van der Waals surface area contributed by atoms with Gasteiger partial charge in [0.1, 0.15) is 6.61 Å². The van der Waals surface area contributed by atoms with Crippen LogP contribution >= 0.6 is 58.8 Å². The third kappa shape index (κ3) is 5.90. The van der Waals surface area contributed by atoms with Gasteiger partial charge in [-0.3, -0.25) is 9.69 Å². The van der Waals surface area contributed by atoms with Crippen LogP contribution in [0.1, 0.15) is 16.7 Å². The Morgan fingerprint density at radius 3 is 2.47 bits per heavy atom. The van der Waals surface area contributed by atoms with Gasteiger partial charge < -0.3 is 9.47 Å². The minimum absolute atomic E-state index is 0.240. The van der Waals surface area contributed by atoms with Gasteiger partial charge in [-0.2, -0.15) is 0 Å². The number of ether oxygens (including phenoxy) is 2. The first-order valence-electron chi connectivity index (χ1n) is 10.7. The molecule has 0 bridgehead atoms. The number of allylic oxidation sites excluding steroid dienone is 1. The van der Waals surface area contributed by atoms with Gasteiger partial charge in [-0.1, -0.05) is 77.0 Å². The summed E-state index contributed by atoms with van der Waals surface area (Å²) in [6.45, 7) is 4.21. The van der Waals surface area contributed by atoms with Gasteiger partial charge in [0.25, 0.3) is 5.91 Å². The minimum Gasteiger partial charge on any atom is -0.493 e. The van der Waals surface area contributed by atoms with Crippen LogP contribution in [0.4, 0.5) is 5.69 Å². The van der Waals surface area contributed by atoms with E-state index in [9.17, 15) is 4.79 Å². The van der Waals surface area contributed by atoms with Crippen LogP contribution < -0.4 is 14.4 Å². The first-order chi connectivity index (χ1) is 17.3. The van der Waals surface area contributed by atoms with Crippen molar-refractivity contribution in [1.29, 1.82) is 0 Å². The van der Waals surface area contributed by atoms with E-state index in [2.05, 4.69) is 6.58 Å². The number of rotatable bonds is 8. The second-order valence-electron chi connectivity index (χ2n) is 7.73. The molecule has 184 valence electrons. The molecule has 1 aliphatic heterocycles. The number of methoxy groups -OCH3 is 1. The Bertz CT molecular complexity index is 1370. The monoisotopic (exact) mass is 575 g/mol. The molecule has 0 aromatic heterocycles. The van der Waals surface area contributed by atoms with E-state index >= 15 is 0 Å². The van der Waals surface area contributed by atoms with Gasteiger partial charge in [-0.05, 0) is 66.1 Å². The fourth-order valence-electron chi connectivity index (χ4n) is 3.59. The van der Waals surface area contributed by atoms with E-state index in [1.165, 1.54) is 16.7 Å². The van der Waals surface area contributed by atoms with Gasteiger partial charge in [0.2, 0.25) is 0 Å². The summed E-state index contributed by atoms with van der Waals surface area (Å²) in [7, 11) is 1.58. The first kappa shape index (κ1) is 26.6. The van der Waals surface area contributed by atoms with E-state index in [0.717, 1.165) is 16.7 Å². The summed E-state index contributed by atoms with van der Waals surface area (Å²) in [5.41, 5.74) is 3.19. The molecular weight excluding hydrogens is 557 g/mol. The van der Waals surface area contributed by atoms with Gasteiger partial charge >= 0.3 is 0 Å². The quantitative estimate of drug-likeness (QED) is 0.153. The van der Waals surface area contributed by atoms with Crippen molar-refractivity contribution in [2.24, 2.45) is 0 Å². The van der Waals surface area contributed by atoms with Crippen molar-refractivity contribution in [3.63, 3.8) is 0 Å². The topological polar surface area (TPSA) is 38.8 Å².